The Kier molecular flexibility index (Phi) is 8.08. The van der Waals surface area contributed by atoms with Crippen LogP contribution in [0.25, 0.3) is 0 Å². The molecule has 7 nitrogen and oxygen atoms in total. The molecule has 0 saturated carbocycles. The van der Waals surface area contributed by atoms with E-state index in [-0.39, 0.29) is 0 Å². The molecular weight excluding hydrogens is 328 g/mol. The summed E-state index contributed by atoms with van der Waals surface area (Å²) in [4.78, 5) is 4.60. The number of aryl methyl sites for hydroxylation is 1. The van der Waals surface area contributed by atoms with Crippen molar-refractivity contribution < 1.29 is 5.11 Å². The van der Waals surface area contributed by atoms with Crippen molar-refractivity contribution in [1.29, 1.82) is 0 Å². The molecule has 0 bridgehead atoms. The highest BCUT2D eigenvalue weighted by molar-refractivity contribution is 5.79. The van der Waals surface area contributed by atoms with E-state index in [1.807, 2.05) is 48.9 Å². The van der Waals surface area contributed by atoms with E-state index in [0.717, 1.165) is 42.6 Å². The van der Waals surface area contributed by atoms with Crippen molar-refractivity contribution in [3.8, 4) is 0 Å². The van der Waals surface area contributed by atoms with Crippen LogP contribution in [0.3, 0.4) is 0 Å². The molecule has 2 aromatic rings. The average molecular weight is 358 g/mol. The molecule has 142 valence electrons. The summed E-state index contributed by atoms with van der Waals surface area (Å²) in [5, 5.41) is 25.1. The van der Waals surface area contributed by atoms with Crippen molar-refractivity contribution in [1.82, 2.24) is 25.4 Å². The van der Waals surface area contributed by atoms with Gasteiger partial charge in [0, 0.05) is 20.1 Å². The predicted molar refractivity (Wildman–Crippen MR) is 104 cm³/mol. The summed E-state index contributed by atoms with van der Waals surface area (Å²) >= 11 is 0. The quantitative estimate of drug-likeness (QED) is 0.363. The van der Waals surface area contributed by atoms with Gasteiger partial charge in [-0.1, -0.05) is 43.7 Å². The van der Waals surface area contributed by atoms with Crippen LogP contribution < -0.4 is 10.6 Å². The van der Waals surface area contributed by atoms with Crippen molar-refractivity contribution in [3.05, 3.63) is 47.5 Å². The number of rotatable bonds is 9. The van der Waals surface area contributed by atoms with Gasteiger partial charge >= 0.3 is 0 Å². The summed E-state index contributed by atoms with van der Waals surface area (Å²) in [5.74, 6) is 2.43. The third-order valence-corrected chi connectivity index (χ3v) is 4.28. The lowest BCUT2D eigenvalue weighted by atomic mass is 10.1. The molecule has 3 N–H and O–H groups in total. The number of aliphatic imine (C=N–C) groups is 1. The molecule has 1 heterocycles. The van der Waals surface area contributed by atoms with Crippen LogP contribution >= 0.6 is 0 Å². The molecule has 0 amide bonds. The summed E-state index contributed by atoms with van der Waals surface area (Å²) in [6.45, 7) is 6.03. The van der Waals surface area contributed by atoms with Crippen molar-refractivity contribution in [3.63, 3.8) is 0 Å². The van der Waals surface area contributed by atoms with Gasteiger partial charge in [0.15, 0.2) is 11.8 Å². The fourth-order valence-corrected chi connectivity index (χ4v) is 2.47. The zero-order valence-electron chi connectivity index (χ0n) is 15.9. The van der Waals surface area contributed by atoms with Gasteiger partial charge in [0.2, 0.25) is 0 Å². The minimum absolute atomic E-state index is 0.458. The van der Waals surface area contributed by atoms with Gasteiger partial charge in [-0.25, -0.2) is 4.99 Å². The molecule has 0 fully saturated rings. The van der Waals surface area contributed by atoms with Crippen molar-refractivity contribution in [2.24, 2.45) is 12.0 Å². The maximum atomic E-state index is 10.3. The zero-order valence-corrected chi connectivity index (χ0v) is 15.9. The first kappa shape index (κ1) is 19.9. The Hall–Kier alpha value is -2.41. The minimum atomic E-state index is -0.484. The molecule has 0 aliphatic rings. The number of hydrogen-bond acceptors (Lipinski definition) is 4. The van der Waals surface area contributed by atoms with E-state index >= 15 is 0 Å². The molecule has 2 rings (SSSR count). The summed E-state index contributed by atoms with van der Waals surface area (Å²) < 4.78 is 1.94. The van der Waals surface area contributed by atoms with E-state index in [0.29, 0.717) is 19.5 Å². The second kappa shape index (κ2) is 10.6. The zero-order chi connectivity index (χ0) is 18.8. The Morgan fingerprint density at radius 3 is 2.58 bits per heavy atom. The average Bonchev–Trinajstić information content (AvgIpc) is 2.98. The Morgan fingerprint density at radius 1 is 1.19 bits per heavy atom. The highest BCUT2D eigenvalue weighted by atomic mass is 16.3. The maximum Gasteiger partial charge on any atom is 0.191 e. The van der Waals surface area contributed by atoms with Crippen LogP contribution in [0.2, 0.25) is 0 Å². The van der Waals surface area contributed by atoms with Crippen LogP contribution in [0.1, 0.15) is 49.5 Å². The third kappa shape index (κ3) is 6.15. The number of nitrogens with zero attached hydrogens (tertiary/aromatic N) is 4. The molecule has 1 aromatic carbocycles. The Labute approximate surface area is 155 Å². The second-order valence-corrected chi connectivity index (χ2v) is 6.31. The van der Waals surface area contributed by atoms with Crippen molar-refractivity contribution >= 4 is 5.96 Å². The molecule has 1 atom stereocenters. The second-order valence-electron chi connectivity index (χ2n) is 6.31. The number of aromatic nitrogens is 3. The van der Waals surface area contributed by atoms with Gasteiger partial charge in [-0.3, -0.25) is 0 Å². The van der Waals surface area contributed by atoms with Gasteiger partial charge in [0.25, 0.3) is 0 Å². The molecular formula is C19H30N6O. The van der Waals surface area contributed by atoms with Gasteiger partial charge in [0.05, 0.1) is 6.10 Å². The van der Waals surface area contributed by atoms with E-state index in [1.54, 1.807) is 0 Å². The van der Waals surface area contributed by atoms with Gasteiger partial charge in [-0.2, -0.15) is 0 Å². The van der Waals surface area contributed by atoms with Crippen LogP contribution in [-0.2, 0) is 13.6 Å². The van der Waals surface area contributed by atoms with Gasteiger partial charge < -0.3 is 20.3 Å². The first-order valence-electron chi connectivity index (χ1n) is 9.22. The molecule has 0 saturated heterocycles. The van der Waals surface area contributed by atoms with E-state index in [1.165, 1.54) is 0 Å². The SMILES string of the molecule is CCCCNC(=NCc1nnc(C)n1C)NCCC(O)c1ccccc1. The normalized spacial score (nSPS) is 12.8. The standard InChI is InChI=1S/C19H30N6O/c1-4-5-12-20-19(22-14-18-24-23-15(2)25(18)3)21-13-11-17(26)16-9-7-6-8-10-16/h6-10,17,26H,4-5,11-14H2,1-3H3,(H2,20,21,22). The van der Waals surface area contributed by atoms with Crippen LogP contribution in [0.4, 0.5) is 0 Å². The predicted octanol–water partition coefficient (Wildman–Crippen LogP) is 2.08. The van der Waals surface area contributed by atoms with E-state index in [2.05, 4.69) is 32.7 Å². The first-order valence-corrected chi connectivity index (χ1v) is 9.22. The van der Waals surface area contributed by atoms with Crippen molar-refractivity contribution in [2.75, 3.05) is 13.1 Å². The topological polar surface area (TPSA) is 87.4 Å². The number of nitrogens with one attached hydrogen (secondary N) is 2. The lowest BCUT2D eigenvalue weighted by Crippen LogP contribution is -2.38. The van der Waals surface area contributed by atoms with Crippen LogP contribution in [0.5, 0.6) is 0 Å². The molecule has 1 unspecified atom stereocenters. The highest BCUT2D eigenvalue weighted by Gasteiger charge is 2.08. The monoisotopic (exact) mass is 358 g/mol. The largest absolute Gasteiger partial charge is 0.388 e. The van der Waals surface area contributed by atoms with E-state index in [9.17, 15) is 5.11 Å². The molecule has 0 spiro atoms. The van der Waals surface area contributed by atoms with Crippen LogP contribution in [0.15, 0.2) is 35.3 Å². The number of hydrogen-bond donors (Lipinski definition) is 3. The van der Waals surface area contributed by atoms with Gasteiger partial charge in [-0.05, 0) is 25.3 Å². The van der Waals surface area contributed by atoms with Crippen molar-refractivity contribution in [2.45, 2.75) is 45.8 Å². The lowest BCUT2D eigenvalue weighted by Gasteiger charge is -2.15. The Bertz CT molecular complexity index is 683. The van der Waals surface area contributed by atoms with Crippen LogP contribution in [0, 0.1) is 6.92 Å². The van der Waals surface area contributed by atoms with Gasteiger partial charge in [-0.15, -0.1) is 10.2 Å². The maximum absolute atomic E-state index is 10.3. The van der Waals surface area contributed by atoms with E-state index in [4.69, 9.17) is 0 Å². The smallest absolute Gasteiger partial charge is 0.191 e. The molecule has 0 radical (unpaired) electrons. The Balaban J connectivity index is 1.89. The summed E-state index contributed by atoms with van der Waals surface area (Å²) in [7, 11) is 1.94. The summed E-state index contributed by atoms with van der Waals surface area (Å²) in [5.41, 5.74) is 0.932. The molecule has 0 aliphatic heterocycles. The fourth-order valence-electron chi connectivity index (χ4n) is 2.47. The van der Waals surface area contributed by atoms with E-state index < -0.39 is 6.10 Å². The number of guanidine groups is 1. The minimum Gasteiger partial charge on any atom is -0.388 e. The number of aliphatic hydroxyl groups is 1. The molecule has 0 aliphatic carbocycles. The first-order chi connectivity index (χ1) is 12.6. The summed E-state index contributed by atoms with van der Waals surface area (Å²) in [6.07, 6.45) is 2.33. The molecule has 26 heavy (non-hydrogen) atoms. The third-order valence-electron chi connectivity index (χ3n) is 4.28. The number of benzene rings is 1. The summed E-state index contributed by atoms with van der Waals surface area (Å²) in [6, 6.07) is 9.71. The van der Waals surface area contributed by atoms with Crippen LogP contribution in [-0.4, -0.2) is 38.9 Å². The lowest BCUT2D eigenvalue weighted by molar-refractivity contribution is 0.168. The van der Waals surface area contributed by atoms with Gasteiger partial charge in [0.1, 0.15) is 12.4 Å². The molecule has 1 aromatic heterocycles. The highest BCUT2D eigenvalue weighted by Crippen LogP contribution is 2.14. The fraction of sp³-hybridized carbons (Fsp3) is 0.526. The molecule has 7 heteroatoms. The number of unbranched alkanes of at least 4 members (excludes halogenated alkanes) is 1. The Morgan fingerprint density at radius 2 is 1.92 bits per heavy atom. The number of aliphatic hydroxyl groups excluding tert-OH is 1.